The number of benzene rings is 2. The standard InChI is InChI=1S/C19H17NO3S.ClH/c21-24(22,23)19-10-6-15(7-11-19)14-4-8-18(9-5-14)20-12-16-2-1-3-17(16)13-20;/h1-11,16H,12-13H2,(H,21,22,23);1H. The molecule has 130 valence electrons. The van der Waals surface area contributed by atoms with E-state index >= 15 is 0 Å². The van der Waals surface area contributed by atoms with Gasteiger partial charge in [0.1, 0.15) is 0 Å². The highest BCUT2D eigenvalue weighted by molar-refractivity contribution is 7.85. The lowest BCUT2D eigenvalue weighted by Gasteiger charge is -2.18. The summed E-state index contributed by atoms with van der Waals surface area (Å²) in [5.74, 6) is 0.553. The molecule has 4 rings (SSSR count). The molecule has 1 fully saturated rings. The van der Waals surface area contributed by atoms with Crippen LogP contribution in [0, 0.1) is 5.92 Å². The minimum absolute atomic E-state index is 0. The Morgan fingerprint density at radius 3 is 2.12 bits per heavy atom. The SMILES string of the molecule is Cl.O=S(=O)(O)c1ccc(-c2ccc(N3CC4=CC=CC4C3)cc2)cc1. The first-order chi connectivity index (χ1) is 11.5. The van der Waals surface area contributed by atoms with Crippen molar-refractivity contribution in [1.82, 2.24) is 0 Å². The van der Waals surface area contributed by atoms with Crippen LogP contribution >= 0.6 is 12.4 Å². The minimum atomic E-state index is -4.14. The van der Waals surface area contributed by atoms with Crippen LogP contribution in [-0.4, -0.2) is 26.1 Å². The minimum Gasteiger partial charge on any atom is -0.367 e. The molecule has 0 saturated carbocycles. The van der Waals surface area contributed by atoms with E-state index in [4.69, 9.17) is 4.55 Å². The molecule has 1 heterocycles. The average Bonchev–Trinajstić information content (AvgIpc) is 3.16. The van der Waals surface area contributed by atoms with E-state index in [-0.39, 0.29) is 17.3 Å². The van der Waals surface area contributed by atoms with Gasteiger partial charge in [-0.15, -0.1) is 12.4 Å². The van der Waals surface area contributed by atoms with Gasteiger partial charge in [-0.3, -0.25) is 4.55 Å². The van der Waals surface area contributed by atoms with Crippen LogP contribution in [-0.2, 0) is 10.1 Å². The van der Waals surface area contributed by atoms with Crippen molar-refractivity contribution in [3.63, 3.8) is 0 Å². The molecule has 2 aromatic carbocycles. The van der Waals surface area contributed by atoms with Crippen LogP contribution in [0.5, 0.6) is 0 Å². The van der Waals surface area contributed by atoms with E-state index in [9.17, 15) is 8.42 Å². The summed E-state index contributed by atoms with van der Waals surface area (Å²) in [4.78, 5) is 2.28. The largest absolute Gasteiger partial charge is 0.367 e. The molecule has 6 heteroatoms. The molecule has 2 aromatic rings. The van der Waals surface area contributed by atoms with Crippen molar-refractivity contribution in [3.8, 4) is 11.1 Å². The van der Waals surface area contributed by atoms with Crippen LogP contribution < -0.4 is 4.90 Å². The van der Waals surface area contributed by atoms with Crippen LogP contribution in [0.15, 0.2) is 77.2 Å². The van der Waals surface area contributed by atoms with E-state index in [2.05, 4.69) is 35.3 Å². The van der Waals surface area contributed by atoms with Gasteiger partial charge in [-0.1, -0.05) is 42.5 Å². The van der Waals surface area contributed by atoms with E-state index in [1.54, 1.807) is 12.1 Å². The molecule has 0 aromatic heterocycles. The first-order valence-corrected chi connectivity index (χ1v) is 9.25. The number of allylic oxidation sites excluding steroid dienone is 2. The lowest BCUT2D eigenvalue weighted by atomic mass is 10.1. The number of hydrogen-bond acceptors (Lipinski definition) is 3. The summed E-state index contributed by atoms with van der Waals surface area (Å²) in [6, 6.07) is 14.5. The molecule has 4 nitrogen and oxygen atoms in total. The van der Waals surface area contributed by atoms with Gasteiger partial charge >= 0.3 is 0 Å². The van der Waals surface area contributed by atoms with Gasteiger partial charge in [-0.2, -0.15) is 8.42 Å². The van der Waals surface area contributed by atoms with Gasteiger partial charge < -0.3 is 4.90 Å². The van der Waals surface area contributed by atoms with Gasteiger partial charge in [0.2, 0.25) is 0 Å². The second kappa shape index (κ2) is 6.67. The van der Waals surface area contributed by atoms with Crippen molar-refractivity contribution < 1.29 is 13.0 Å². The van der Waals surface area contributed by atoms with Crippen molar-refractivity contribution in [2.45, 2.75) is 4.90 Å². The summed E-state index contributed by atoms with van der Waals surface area (Å²) >= 11 is 0. The van der Waals surface area contributed by atoms with Gasteiger partial charge in [-0.05, 0) is 41.0 Å². The van der Waals surface area contributed by atoms with Gasteiger partial charge in [0, 0.05) is 24.7 Å². The summed E-state index contributed by atoms with van der Waals surface area (Å²) < 4.78 is 31.2. The third-order valence-electron chi connectivity index (χ3n) is 4.64. The average molecular weight is 376 g/mol. The topological polar surface area (TPSA) is 57.6 Å². The molecule has 1 atom stereocenters. The van der Waals surface area contributed by atoms with Gasteiger partial charge in [0.25, 0.3) is 10.1 Å². The monoisotopic (exact) mass is 375 g/mol. The zero-order valence-electron chi connectivity index (χ0n) is 13.4. The van der Waals surface area contributed by atoms with Crippen LogP contribution in [0.25, 0.3) is 11.1 Å². The van der Waals surface area contributed by atoms with Gasteiger partial charge in [0.05, 0.1) is 4.90 Å². The molecule has 2 aliphatic rings. The predicted octanol–water partition coefficient (Wildman–Crippen LogP) is 3.95. The fourth-order valence-corrected chi connectivity index (χ4v) is 3.79. The van der Waals surface area contributed by atoms with E-state index < -0.39 is 10.1 Å². The molecule has 0 radical (unpaired) electrons. The van der Waals surface area contributed by atoms with Crippen LogP contribution in [0.2, 0.25) is 0 Å². The molecule has 1 N–H and O–H groups in total. The highest BCUT2D eigenvalue weighted by Crippen LogP contribution is 2.32. The zero-order valence-corrected chi connectivity index (χ0v) is 15.0. The van der Waals surface area contributed by atoms with Crippen molar-refractivity contribution in [3.05, 3.63) is 72.3 Å². The Bertz CT molecular complexity index is 932. The number of nitrogens with zero attached hydrogens (tertiary/aromatic N) is 1. The maximum Gasteiger partial charge on any atom is 0.294 e. The Balaban J connectivity index is 0.00000182. The number of hydrogen-bond donors (Lipinski definition) is 1. The molecule has 1 unspecified atom stereocenters. The number of halogens is 1. The third-order valence-corrected chi connectivity index (χ3v) is 5.51. The molecular formula is C19H18ClNO3S. The van der Waals surface area contributed by atoms with Crippen LogP contribution in [0.1, 0.15) is 0 Å². The third kappa shape index (κ3) is 3.49. The highest BCUT2D eigenvalue weighted by atomic mass is 35.5. The summed E-state index contributed by atoms with van der Waals surface area (Å²) in [5, 5.41) is 0. The van der Waals surface area contributed by atoms with E-state index in [1.807, 2.05) is 12.1 Å². The molecule has 0 bridgehead atoms. The van der Waals surface area contributed by atoms with E-state index in [0.717, 1.165) is 24.2 Å². The van der Waals surface area contributed by atoms with Gasteiger partial charge in [-0.25, -0.2) is 0 Å². The number of anilines is 1. The number of fused-ring (bicyclic) bond motifs is 1. The smallest absolute Gasteiger partial charge is 0.294 e. The molecule has 1 saturated heterocycles. The Labute approximate surface area is 153 Å². The lowest BCUT2D eigenvalue weighted by Crippen LogP contribution is -2.19. The summed E-state index contributed by atoms with van der Waals surface area (Å²) in [5.41, 5.74) is 4.59. The Morgan fingerprint density at radius 1 is 0.960 bits per heavy atom. The lowest BCUT2D eigenvalue weighted by molar-refractivity contribution is 0.483. The van der Waals surface area contributed by atoms with Crippen molar-refractivity contribution in [2.24, 2.45) is 5.92 Å². The quantitative estimate of drug-likeness (QED) is 0.825. The maximum atomic E-state index is 11.1. The summed E-state index contributed by atoms with van der Waals surface area (Å²) in [6.45, 7) is 1.99. The normalized spacial score (nSPS) is 18.7. The fraction of sp³-hybridized carbons (Fsp3) is 0.158. The number of rotatable bonds is 3. The molecule has 0 amide bonds. The van der Waals surface area contributed by atoms with Crippen LogP contribution in [0.3, 0.4) is 0 Å². The van der Waals surface area contributed by atoms with Crippen molar-refractivity contribution in [2.75, 3.05) is 18.0 Å². The van der Waals surface area contributed by atoms with Crippen molar-refractivity contribution in [1.29, 1.82) is 0 Å². The maximum absolute atomic E-state index is 11.1. The molecule has 1 aliphatic carbocycles. The van der Waals surface area contributed by atoms with Gasteiger partial charge in [0.15, 0.2) is 0 Å². The van der Waals surface area contributed by atoms with Crippen molar-refractivity contribution >= 4 is 28.2 Å². The summed E-state index contributed by atoms with van der Waals surface area (Å²) in [7, 11) is -4.14. The molecule has 25 heavy (non-hydrogen) atoms. The molecule has 0 spiro atoms. The Hall–Kier alpha value is -2.08. The summed E-state index contributed by atoms with van der Waals surface area (Å²) in [6.07, 6.45) is 6.59. The molecule has 1 aliphatic heterocycles. The van der Waals surface area contributed by atoms with Crippen LogP contribution in [0.4, 0.5) is 5.69 Å². The molecular weight excluding hydrogens is 358 g/mol. The van der Waals surface area contributed by atoms with E-state index in [0.29, 0.717) is 5.92 Å². The first kappa shape index (κ1) is 17.7. The predicted molar refractivity (Wildman–Crippen MR) is 102 cm³/mol. The fourth-order valence-electron chi connectivity index (χ4n) is 3.31. The first-order valence-electron chi connectivity index (χ1n) is 7.81. The Kier molecular flexibility index (Phi) is 4.73. The second-order valence-corrected chi connectivity index (χ2v) is 7.58. The van der Waals surface area contributed by atoms with E-state index in [1.165, 1.54) is 23.4 Å². The highest BCUT2D eigenvalue weighted by Gasteiger charge is 2.27. The second-order valence-electron chi connectivity index (χ2n) is 6.16. The Morgan fingerprint density at radius 2 is 1.56 bits per heavy atom. The zero-order chi connectivity index (χ0) is 16.7.